The second-order valence-corrected chi connectivity index (χ2v) is 5.35. The van der Waals surface area contributed by atoms with Crippen molar-refractivity contribution < 1.29 is 19.4 Å². The van der Waals surface area contributed by atoms with E-state index in [-0.39, 0.29) is 5.75 Å². The highest BCUT2D eigenvalue weighted by molar-refractivity contribution is 6.35. The average molecular weight is 355 g/mol. The SMILES string of the molecule is CCOc1cc(/C=N\NC(=O)C(=O)NCCc2ccccc2)ccc1O. The summed E-state index contributed by atoms with van der Waals surface area (Å²) in [5, 5.41) is 15.9. The van der Waals surface area contributed by atoms with Gasteiger partial charge in [-0.3, -0.25) is 9.59 Å². The number of amides is 2. The number of phenolic OH excluding ortho intramolecular Hbond substituents is 1. The van der Waals surface area contributed by atoms with E-state index in [4.69, 9.17) is 4.74 Å². The van der Waals surface area contributed by atoms with Crippen LogP contribution in [0.2, 0.25) is 0 Å². The summed E-state index contributed by atoms with van der Waals surface area (Å²) in [6, 6.07) is 14.3. The Kier molecular flexibility index (Phi) is 7.17. The van der Waals surface area contributed by atoms with Gasteiger partial charge in [-0.2, -0.15) is 5.10 Å². The van der Waals surface area contributed by atoms with Gasteiger partial charge in [0.25, 0.3) is 0 Å². The van der Waals surface area contributed by atoms with Gasteiger partial charge in [0, 0.05) is 6.54 Å². The predicted octanol–water partition coefficient (Wildman–Crippen LogP) is 1.60. The molecule has 0 aliphatic carbocycles. The van der Waals surface area contributed by atoms with Crippen molar-refractivity contribution in [1.29, 1.82) is 0 Å². The summed E-state index contributed by atoms with van der Waals surface area (Å²) < 4.78 is 5.26. The molecule has 2 rings (SSSR count). The summed E-state index contributed by atoms with van der Waals surface area (Å²) in [7, 11) is 0. The predicted molar refractivity (Wildman–Crippen MR) is 98.2 cm³/mol. The number of carbonyl (C=O) groups is 2. The van der Waals surface area contributed by atoms with Crippen LogP contribution in [0.15, 0.2) is 53.6 Å². The van der Waals surface area contributed by atoms with Crippen molar-refractivity contribution in [3.8, 4) is 11.5 Å². The third-order valence-corrected chi connectivity index (χ3v) is 3.41. The minimum Gasteiger partial charge on any atom is -0.504 e. The van der Waals surface area contributed by atoms with Crippen LogP contribution in [0.1, 0.15) is 18.1 Å². The number of hydrogen-bond acceptors (Lipinski definition) is 5. The first-order chi connectivity index (χ1) is 12.6. The molecule has 3 N–H and O–H groups in total. The summed E-state index contributed by atoms with van der Waals surface area (Å²) in [5.41, 5.74) is 3.84. The lowest BCUT2D eigenvalue weighted by molar-refractivity contribution is -0.139. The monoisotopic (exact) mass is 355 g/mol. The van der Waals surface area contributed by atoms with Crippen molar-refractivity contribution in [2.24, 2.45) is 5.10 Å². The van der Waals surface area contributed by atoms with Crippen molar-refractivity contribution in [2.75, 3.05) is 13.2 Å². The Morgan fingerprint density at radius 1 is 1.15 bits per heavy atom. The standard InChI is InChI=1S/C19H21N3O4/c1-2-26-17-12-15(8-9-16(17)23)13-21-22-19(25)18(24)20-11-10-14-6-4-3-5-7-14/h3-9,12-13,23H,2,10-11H2,1H3,(H,20,24)(H,22,25)/b21-13-. The van der Waals surface area contributed by atoms with Gasteiger partial charge < -0.3 is 15.2 Å². The topological polar surface area (TPSA) is 100 Å². The zero-order valence-corrected chi connectivity index (χ0v) is 14.4. The lowest BCUT2D eigenvalue weighted by Crippen LogP contribution is -2.38. The fourth-order valence-corrected chi connectivity index (χ4v) is 2.14. The van der Waals surface area contributed by atoms with Crippen LogP contribution < -0.4 is 15.5 Å². The summed E-state index contributed by atoms with van der Waals surface area (Å²) in [6.07, 6.45) is 1.99. The van der Waals surface area contributed by atoms with Crippen molar-refractivity contribution in [2.45, 2.75) is 13.3 Å². The Balaban J connectivity index is 1.79. The van der Waals surface area contributed by atoms with E-state index in [0.29, 0.717) is 30.9 Å². The fourth-order valence-electron chi connectivity index (χ4n) is 2.14. The Hall–Kier alpha value is -3.35. The van der Waals surface area contributed by atoms with Gasteiger partial charge in [0.2, 0.25) is 0 Å². The molecule has 0 aromatic heterocycles. The fraction of sp³-hybridized carbons (Fsp3) is 0.211. The van der Waals surface area contributed by atoms with Crippen molar-refractivity contribution in [3.63, 3.8) is 0 Å². The number of benzene rings is 2. The summed E-state index contributed by atoms with van der Waals surface area (Å²) in [5.74, 6) is -1.26. The van der Waals surface area contributed by atoms with Crippen LogP contribution in [-0.4, -0.2) is 36.3 Å². The normalized spacial score (nSPS) is 10.5. The van der Waals surface area contributed by atoms with E-state index in [1.807, 2.05) is 30.3 Å². The second kappa shape index (κ2) is 9.83. The summed E-state index contributed by atoms with van der Waals surface area (Å²) in [6.45, 7) is 2.57. The highest BCUT2D eigenvalue weighted by Gasteiger charge is 2.11. The lowest BCUT2D eigenvalue weighted by atomic mass is 10.1. The minimum atomic E-state index is -0.849. The molecule has 0 unspecified atom stereocenters. The van der Waals surface area contributed by atoms with E-state index in [0.717, 1.165) is 5.56 Å². The molecule has 136 valence electrons. The molecule has 7 heteroatoms. The molecule has 2 aromatic rings. The largest absolute Gasteiger partial charge is 0.504 e. The maximum absolute atomic E-state index is 11.7. The first kappa shape index (κ1) is 19.0. The molecule has 0 heterocycles. The third-order valence-electron chi connectivity index (χ3n) is 3.41. The number of hydrogen-bond donors (Lipinski definition) is 3. The van der Waals surface area contributed by atoms with E-state index >= 15 is 0 Å². The highest BCUT2D eigenvalue weighted by Crippen LogP contribution is 2.26. The number of nitrogens with zero attached hydrogens (tertiary/aromatic N) is 1. The number of rotatable bonds is 7. The maximum atomic E-state index is 11.7. The Morgan fingerprint density at radius 2 is 1.92 bits per heavy atom. The first-order valence-corrected chi connectivity index (χ1v) is 8.21. The van der Waals surface area contributed by atoms with E-state index < -0.39 is 11.8 Å². The summed E-state index contributed by atoms with van der Waals surface area (Å²) in [4.78, 5) is 23.4. The molecule has 2 amide bonds. The zero-order valence-electron chi connectivity index (χ0n) is 14.4. The molecule has 0 aliphatic rings. The van der Waals surface area contributed by atoms with Crippen LogP contribution in [0.3, 0.4) is 0 Å². The van der Waals surface area contributed by atoms with Crippen LogP contribution in [-0.2, 0) is 16.0 Å². The van der Waals surface area contributed by atoms with E-state index in [1.54, 1.807) is 19.1 Å². The van der Waals surface area contributed by atoms with Gasteiger partial charge in [0.05, 0.1) is 12.8 Å². The van der Waals surface area contributed by atoms with Crippen molar-refractivity contribution in [3.05, 3.63) is 59.7 Å². The molecule has 0 atom stereocenters. The minimum absolute atomic E-state index is 0.0193. The quantitative estimate of drug-likeness (QED) is 0.399. The van der Waals surface area contributed by atoms with Gasteiger partial charge in [0.1, 0.15) is 0 Å². The van der Waals surface area contributed by atoms with Crippen LogP contribution in [0.4, 0.5) is 0 Å². The van der Waals surface area contributed by atoms with E-state index in [9.17, 15) is 14.7 Å². The number of phenols is 1. The molecule has 0 spiro atoms. The first-order valence-electron chi connectivity index (χ1n) is 8.21. The lowest BCUT2D eigenvalue weighted by Gasteiger charge is -2.06. The van der Waals surface area contributed by atoms with Crippen LogP contribution in [0, 0.1) is 0 Å². The molecule has 7 nitrogen and oxygen atoms in total. The number of carbonyl (C=O) groups excluding carboxylic acids is 2. The van der Waals surface area contributed by atoms with Crippen molar-refractivity contribution in [1.82, 2.24) is 10.7 Å². The molecular weight excluding hydrogens is 334 g/mol. The van der Waals surface area contributed by atoms with Gasteiger partial charge >= 0.3 is 11.8 Å². The van der Waals surface area contributed by atoms with E-state index in [1.165, 1.54) is 12.3 Å². The number of ether oxygens (including phenoxy) is 1. The van der Waals surface area contributed by atoms with Gasteiger partial charge in [-0.15, -0.1) is 0 Å². The molecule has 0 saturated heterocycles. The maximum Gasteiger partial charge on any atom is 0.329 e. The molecule has 26 heavy (non-hydrogen) atoms. The van der Waals surface area contributed by atoms with Gasteiger partial charge in [-0.1, -0.05) is 30.3 Å². The molecular formula is C19H21N3O4. The van der Waals surface area contributed by atoms with Crippen molar-refractivity contribution >= 4 is 18.0 Å². The molecule has 0 aliphatic heterocycles. The van der Waals surface area contributed by atoms with Gasteiger partial charge in [-0.05, 0) is 42.7 Å². The molecule has 0 radical (unpaired) electrons. The number of aromatic hydroxyl groups is 1. The molecule has 0 saturated carbocycles. The summed E-state index contributed by atoms with van der Waals surface area (Å²) >= 11 is 0. The molecule has 0 bridgehead atoms. The third kappa shape index (κ3) is 5.94. The average Bonchev–Trinajstić information content (AvgIpc) is 2.65. The van der Waals surface area contributed by atoms with Gasteiger partial charge in [-0.25, -0.2) is 5.43 Å². The van der Waals surface area contributed by atoms with Gasteiger partial charge in [0.15, 0.2) is 11.5 Å². The molecule has 2 aromatic carbocycles. The Morgan fingerprint density at radius 3 is 2.65 bits per heavy atom. The smallest absolute Gasteiger partial charge is 0.329 e. The van der Waals surface area contributed by atoms with Crippen LogP contribution in [0.25, 0.3) is 0 Å². The number of hydrazone groups is 1. The Labute approximate surface area is 151 Å². The zero-order chi connectivity index (χ0) is 18.8. The number of nitrogens with one attached hydrogen (secondary N) is 2. The Bertz CT molecular complexity index is 776. The highest BCUT2D eigenvalue weighted by atomic mass is 16.5. The second-order valence-electron chi connectivity index (χ2n) is 5.35. The molecule has 0 fully saturated rings. The van der Waals surface area contributed by atoms with Crippen LogP contribution >= 0.6 is 0 Å². The van der Waals surface area contributed by atoms with E-state index in [2.05, 4.69) is 15.8 Å². The van der Waals surface area contributed by atoms with Crippen LogP contribution in [0.5, 0.6) is 11.5 Å².